The molecule has 0 unspecified atom stereocenters. The van der Waals surface area contributed by atoms with Crippen molar-refractivity contribution in [3.05, 3.63) is 54.0 Å². The topological polar surface area (TPSA) is 48.5 Å². The average Bonchev–Trinajstić information content (AvgIpc) is 2.63. The van der Waals surface area contributed by atoms with Gasteiger partial charge in [-0.25, -0.2) is 14.2 Å². The Bertz CT molecular complexity index is 707. The van der Waals surface area contributed by atoms with Gasteiger partial charge in [0.05, 0.1) is 6.20 Å². The maximum absolute atomic E-state index is 13.0. The number of nitrogens with zero attached hydrogens (tertiary/aromatic N) is 3. The highest BCUT2D eigenvalue weighted by molar-refractivity contribution is 5.89. The summed E-state index contributed by atoms with van der Waals surface area (Å²) in [5, 5.41) is 2.94. The second kappa shape index (κ2) is 7.51. The molecule has 2 aromatic rings. The van der Waals surface area contributed by atoms with Crippen LogP contribution in [0.5, 0.6) is 0 Å². The minimum atomic E-state index is -0.342. The number of piperazine rings is 1. The fourth-order valence-electron chi connectivity index (χ4n) is 2.85. The fraction of sp³-hybridized carbons (Fsp3) is 0.368. The van der Waals surface area contributed by atoms with Crippen LogP contribution in [0.1, 0.15) is 25.3 Å². The van der Waals surface area contributed by atoms with Crippen molar-refractivity contribution in [3.63, 3.8) is 0 Å². The first-order chi connectivity index (χ1) is 12.0. The largest absolute Gasteiger partial charge is 0.353 e. The molecule has 0 radical (unpaired) electrons. The molecular weight excluding hydrogens is 319 g/mol. The van der Waals surface area contributed by atoms with Gasteiger partial charge >= 0.3 is 6.03 Å². The summed E-state index contributed by atoms with van der Waals surface area (Å²) in [6, 6.07) is 10.9. The number of carbonyl (C=O) groups is 1. The van der Waals surface area contributed by atoms with Crippen LogP contribution in [-0.4, -0.2) is 42.1 Å². The van der Waals surface area contributed by atoms with Crippen molar-refractivity contribution in [2.75, 3.05) is 36.4 Å². The molecule has 5 nitrogen and oxygen atoms in total. The van der Waals surface area contributed by atoms with E-state index in [0.717, 1.165) is 11.5 Å². The van der Waals surface area contributed by atoms with Crippen LogP contribution in [0.15, 0.2) is 42.6 Å². The van der Waals surface area contributed by atoms with Crippen molar-refractivity contribution in [2.24, 2.45) is 0 Å². The highest BCUT2D eigenvalue weighted by Crippen LogP contribution is 2.18. The number of urea groups is 1. The lowest BCUT2D eigenvalue weighted by molar-refractivity contribution is 0.208. The molecule has 2 amide bonds. The van der Waals surface area contributed by atoms with Crippen LogP contribution in [0.2, 0.25) is 0 Å². The molecule has 0 saturated carbocycles. The molecule has 0 aliphatic carbocycles. The van der Waals surface area contributed by atoms with E-state index in [9.17, 15) is 9.18 Å². The molecule has 25 heavy (non-hydrogen) atoms. The third-order valence-electron chi connectivity index (χ3n) is 4.43. The Morgan fingerprint density at radius 2 is 1.76 bits per heavy atom. The first-order valence-electron chi connectivity index (χ1n) is 8.55. The molecule has 6 heteroatoms. The standard InChI is InChI=1S/C19H23FN4O/c1-14(2)15-3-6-17(7-4-15)22-19(25)24-11-9-23(10-12-24)18-8-5-16(20)13-21-18/h3-8,13-14H,9-12H2,1-2H3,(H,22,25). The number of pyridine rings is 1. The van der Waals surface area contributed by atoms with Crippen molar-refractivity contribution in [1.82, 2.24) is 9.88 Å². The number of halogens is 1. The number of rotatable bonds is 3. The summed E-state index contributed by atoms with van der Waals surface area (Å²) in [6.45, 7) is 6.85. The van der Waals surface area contributed by atoms with E-state index in [0.29, 0.717) is 32.1 Å². The van der Waals surface area contributed by atoms with E-state index < -0.39 is 0 Å². The predicted molar refractivity (Wildman–Crippen MR) is 97.5 cm³/mol. The maximum Gasteiger partial charge on any atom is 0.321 e. The molecule has 1 saturated heterocycles. The highest BCUT2D eigenvalue weighted by atomic mass is 19.1. The Morgan fingerprint density at radius 3 is 2.32 bits per heavy atom. The Morgan fingerprint density at radius 1 is 1.08 bits per heavy atom. The minimum Gasteiger partial charge on any atom is -0.353 e. The Balaban J connectivity index is 1.53. The van der Waals surface area contributed by atoms with E-state index in [1.807, 2.05) is 24.3 Å². The number of amides is 2. The number of benzene rings is 1. The lowest BCUT2D eigenvalue weighted by Gasteiger charge is -2.35. The van der Waals surface area contributed by atoms with E-state index in [1.54, 1.807) is 11.0 Å². The SMILES string of the molecule is CC(C)c1ccc(NC(=O)N2CCN(c3ccc(F)cn3)CC2)cc1. The summed E-state index contributed by atoms with van der Waals surface area (Å²) >= 11 is 0. The average molecular weight is 342 g/mol. The molecule has 132 valence electrons. The maximum atomic E-state index is 13.0. The Kier molecular flexibility index (Phi) is 5.16. The van der Waals surface area contributed by atoms with Gasteiger partial charge < -0.3 is 15.1 Å². The first-order valence-corrected chi connectivity index (χ1v) is 8.55. The molecule has 0 bridgehead atoms. The Labute approximate surface area is 147 Å². The lowest BCUT2D eigenvalue weighted by Crippen LogP contribution is -2.50. The molecular formula is C19H23FN4O. The van der Waals surface area contributed by atoms with Crippen molar-refractivity contribution < 1.29 is 9.18 Å². The lowest BCUT2D eigenvalue weighted by atomic mass is 10.0. The second-order valence-electron chi connectivity index (χ2n) is 6.52. The van der Waals surface area contributed by atoms with Crippen LogP contribution < -0.4 is 10.2 Å². The van der Waals surface area contributed by atoms with Crippen molar-refractivity contribution in [1.29, 1.82) is 0 Å². The van der Waals surface area contributed by atoms with Crippen LogP contribution >= 0.6 is 0 Å². The molecule has 1 aliphatic rings. The summed E-state index contributed by atoms with van der Waals surface area (Å²) in [5.74, 6) is 0.869. The highest BCUT2D eigenvalue weighted by Gasteiger charge is 2.22. The first kappa shape index (κ1) is 17.2. The van der Waals surface area contributed by atoms with Gasteiger partial charge in [-0.15, -0.1) is 0 Å². The fourth-order valence-corrected chi connectivity index (χ4v) is 2.85. The van der Waals surface area contributed by atoms with Crippen LogP contribution in [0, 0.1) is 5.82 Å². The summed E-state index contributed by atoms with van der Waals surface area (Å²) in [5.41, 5.74) is 2.05. The normalized spacial score (nSPS) is 14.7. The molecule has 3 rings (SSSR count). The van der Waals surface area contributed by atoms with Crippen molar-refractivity contribution in [2.45, 2.75) is 19.8 Å². The molecule has 0 spiro atoms. The summed E-state index contributed by atoms with van der Waals surface area (Å²) < 4.78 is 13.0. The van der Waals surface area contributed by atoms with Gasteiger partial charge in [-0.2, -0.15) is 0 Å². The number of nitrogens with one attached hydrogen (secondary N) is 1. The van der Waals surface area contributed by atoms with Crippen LogP contribution in [0.3, 0.4) is 0 Å². The number of hydrogen-bond acceptors (Lipinski definition) is 3. The molecule has 1 aliphatic heterocycles. The van der Waals surface area contributed by atoms with Gasteiger partial charge in [-0.1, -0.05) is 26.0 Å². The van der Waals surface area contributed by atoms with Gasteiger partial charge in [0.2, 0.25) is 0 Å². The van der Waals surface area contributed by atoms with E-state index in [4.69, 9.17) is 0 Å². The number of carbonyl (C=O) groups excluding carboxylic acids is 1. The van der Waals surface area contributed by atoms with E-state index in [1.165, 1.54) is 17.8 Å². The summed E-state index contributed by atoms with van der Waals surface area (Å²) in [7, 11) is 0. The third-order valence-corrected chi connectivity index (χ3v) is 4.43. The summed E-state index contributed by atoms with van der Waals surface area (Å²) in [4.78, 5) is 20.3. The van der Waals surface area contributed by atoms with Crippen molar-refractivity contribution >= 4 is 17.5 Å². The second-order valence-corrected chi connectivity index (χ2v) is 6.52. The van der Waals surface area contributed by atoms with E-state index in [2.05, 4.69) is 29.0 Å². The molecule has 2 heterocycles. The smallest absolute Gasteiger partial charge is 0.321 e. The van der Waals surface area contributed by atoms with Gasteiger partial charge in [-0.05, 0) is 35.7 Å². The van der Waals surface area contributed by atoms with Gasteiger partial charge in [0.15, 0.2) is 0 Å². The minimum absolute atomic E-state index is 0.0935. The van der Waals surface area contributed by atoms with Gasteiger partial charge in [-0.3, -0.25) is 0 Å². The third kappa shape index (κ3) is 4.26. The van der Waals surface area contributed by atoms with Gasteiger partial charge in [0, 0.05) is 31.9 Å². The summed E-state index contributed by atoms with van der Waals surface area (Å²) in [6.07, 6.45) is 1.22. The van der Waals surface area contributed by atoms with Gasteiger partial charge in [0.1, 0.15) is 11.6 Å². The number of aromatic nitrogens is 1. The Hall–Kier alpha value is -2.63. The van der Waals surface area contributed by atoms with Gasteiger partial charge in [0.25, 0.3) is 0 Å². The molecule has 1 fully saturated rings. The molecule has 1 aromatic carbocycles. The monoisotopic (exact) mass is 342 g/mol. The zero-order chi connectivity index (χ0) is 17.8. The zero-order valence-electron chi connectivity index (χ0n) is 14.6. The van der Waals surface area contributed by atoms with E-state index >= 15 is 0 Å². The zero-order valence-corrected chi connectivity index (χ0v) is 14.6. The van der Waals surface area contributed by atoms with Crippen LogP contribution in [-0.2, 0) is 0 Å². The van der Waals surface area contributed by atoms with Crippen LogP contribution in [0.4, 0.5) is 20.7 Å². The number of hydrogen-bond donors (Lipinski definition) is 1. The molecule has 1 aromatic heterocycles. The van der Waals surface area contributed by atoms with Crippen molar-refractivity contribution in [3.8, 4) is 0 Å². The van der Waals surface area contributed by atoms with E-state index in [-0.39, 0.29) is 11.8 Å². The molecule has 1 N–H and O–H groups in total. The number of anilines is 2. The van der Waals surface area contributed by atoms with Crippen LogP contribution in [0.25, 0.3) is 0 Å². The quantitative estimate of drug-likeness (QED) is 0.925. The predicted octanol–water partition coefficient (Wildman–Crippen LogP) is 3.70. The molecule has 0 atom stereocenters.